The quantitative estimate of drug-likeness (QED) is 0.630. The van der Waals surface area contributed by atoms with Crippen LogP contribution in [0, 0.1) is 6.92 Å². The summed E-state index contributed by atoms with van der Waals surface area (Å²) in [5, 5.41) is 2.67. The fourth-order valence-corrected chi connectivity index (χ4v) is 1.29. The van der Waals surface area contributed by atoms with Crippen molar-refractivity contribution in [2.45, 2.75) is 13.1 Å². The molecule has 100 valence electrons. The molecule has 18 heavy (non-hydrogen) atoms. The van der Waals surface area contributed by atoms with E-state index < -0.39 is 22.0 Å². The Kier molecular flexibility index (Phi) is 4.00. The largest absolute Gasteiger partial charge is 0.437 e. The highest BCUT2D eigenvalue weighted by Gasteiger charge is 2.38. The number of nitrogens with zero attached hydrogens (tertiary/aromatic N) is 1. The molecule has 0 amide bonds. The Morgan fingerprint density at radius 2 is 1.72 bits per heavy atom. The average Bonchev–Trinajstić information content (AvgIpc) is 2.17. The molecule has 0 saturated carbocycles. The molecular formula is C10H10F3NO3S. The van der Waals surface area contributed by atoms with Gasteiger partial charge in [0.05, 0.1) is 6.26 Å². The molecule has 1 aromatic carbocycles. The summed E-state index contributed by atoms with van der Waals surface area (Å²) in [6, 6.07) is 5.29. The Morgan fingerprint density at radius 3 is 2.11 bits per heavy atom. The summed E-state index contributed by atoms with van der Waals surface area (Å²) >= 11 is 0. The van der Waals surface area contributed by atoms with Crippen LogP contribution < -0.4 is 0 Å². The number of alkyl halides is 3. The third-order valence-corrected chi connectivity index (χ3v) is 2.20. The van der Waals surface area contributed by atoms with Gasteiger partial charge in [-0.1, -0.05) is 35.0 Å². The predicted octanol–water partition coefficient (Wildman–Crippen LogP) is 2.24. The van der Waals surface area contributed by atoms with Gasteiger partial charge in [0.1, 0.15) is 0 Å². The number of halogens is 3. The standard InChI is InChI=1S/C10H10F3NO3S/c1-7-3-5-8(6-4-7)9(10(11,12)13)14-17-18(2,15)16/h3-6H,1-2H3. The molecule has 0 aromatic heterocycles. The van der Waals surface area contributed by atoms with Crippen molar-refractivity contribution in [2.24, 2.45) is 5.16 Å². The van der Waals surface area contributed by atoms with Crippen LogP contribution in [0.3, 0.4) is 0 Å². The van der Waals surface area contributed by atoms with Crippen molar-refractivity contribution in [1.29, 1.82) is 0 Å². The fraction of sp³-hybridized carbons (Fsp3) is 0.300. The van der Waals surface area contributed by atoms with Gasteiger partial charge in [0.2, 0.25) is 0 Å². The summed E-state index contributed by atoms with van der Waals surface area (Å²) < 4.78 is 63.2. The van der Waals surface area contributed by atoms with Crippen LogP contribution in [0.2, 0.25) is 0 Å². The molecule has 0 saturated heterocycles. The van der Waals surface area contributed by atoms with Gasteiger partial charge in [-0.2, -0.15) is 21.6 Å². The van der Waals surface area contributed by atoms with Crippen molar-refractivity contribution >= 4 is 15.8 Å². The molecule has 4 nitrogen and oxygen atoms in total. The molecule has 1 rings (SSSR count). The summed E-state index contributed by atoms with van der Waals surface area (Å²) in [4.78, 5) is 0. The summed E-state index contributed by atoms with van der Waals surface area (Å²) in [5.41, 5.74) is -0.894. The van der Waals surface area contributed by atoms with Crippen molar-refractivity contribution in [1.82, 2.24) is 0 Å². The van der Waals surface area contributed by atoms with Crippen LogP contribution in [0.15, 0.2) is 29.4 Å². The highest BCUT2D eigenvalue weighted by atomic mass is 32.2. The van der Waals surface area contributed by atoms with Gasteiger partial charge < -0.3 is 0 Å². The van der Waals surface area contributed by atoms with E-state index in [0.717, 1.165) is 5.56 Å². The molecule has 0 fully saturated rings. The van der Waals surface area contributed by atoms with Gasteiger partial charge in [0, 0.05) is 5.56 Å². The zero-order chi connectivity index (χ0) is 14.0. The lowest BCUT2D eigenvalue weighted by atomic mass is 10.1. The number of rotatable bonds is 3. The zero-order valence-electron chi connectivity index (χ0n) is 9.52. The van der Waals surface area contributed by atoms with Crippen LogP contribution in [0.5, 0.6) is 0 Å². The van der Waals surface area contributed by atoms with Crippen LogP contribution in [-0.2, 0) is 14.4 Å². The van der Waals surface area contributed by atoms with Gasteiger partial charge in [-0.3, -0.25) is 4.28 Å². The van der Waals surface area contributed by atoms with E-state index in [0.29, 0.717) is 6.26 Å². The van der Waals surface area contributed by atoms with E-state index in [1.807, 2.05) is 0 Å². The number of oxime groups is 1. The van der Waals surface area contributed by atoms with Crippen LogP contribution in [0.4, 0.5) is 13.2 Å². The molecule has 0 radical (unpaired) electrons. The smallest absolute Gasteiger partial charge is 0.268 e. The first kappa shape index (κ1) is 14.5. The van der Waals surface area contributed by atoms with Crippen molar-refractivity contribution < 1.29 is 25.9 Å². The van der Waals surface area contributed by atoms with E-state index in [9.17, 15) is 21.6 Å². The van der Waals surface area contributed by atoms with E-state index in [2.05, 4.69) is 9.44 Å². The zero-order valence-corrected chi connectivity index (χ0v) is 10.3. The van der Waals surface area contributed by atoms with Crippen molar-refractivity contribution in [2.75, 3.05) is 6.26 Å². The van der Waals surface area contributed by atoms with Gasteiger partial charge in [0.25, 0.3) is 0 Å². The lowest BCUT2D eigenvalue weighted by Gasteiger charge is -2.09. The van der Waals surface area contributed by atoms with Crippen LogP contribution in [-0.4, -0.2) is 26.6 Å². The first-order valence-electron chi connectivity index (χ1n) is 4.70. The normalized spacial score (nSPS) is 13.5. The number of hydrogen-bond donors (Lipinski definition) is 0. The van der Waals surface area contributed by atoms with Gasteiger partial charge in [0.15, 0.2) is 5.71 Å². The third kappa shape index (κ3) is 4.36. The van der Waals surface area contributed by atoms with E-state index >= 15 is 0 Å². The second-order valence-electron chi connectivity index (χ2n) is 3.58. The maximum atomic E-state index is 12.7. The third-order valence-electron chi connectivity index (χ3n) is 1.86. The minimum atomic E-state index is -4.81. The van der Waals surface area contributed by atoms with Gasteiger partial charge in [-0.25, -0.2) is 0 Å². The fourth-order valence-electron chi connectivity index (χ4n) is 1.08. The van der Waals surface area contributed by atoms with Crippen molar-refractivity contribution in [3.63, 3.8) is 0 Å². The van der Waals surface area contributed by atoms with Crippen LogP contribution in [0.25, 0.3) is 0 Å². The lowest BCUT2D eigenvalue weighted by Crippen LogP contribution is -2.24. The summed E-state index contributed by atoms with van der Waals surface area (Å²) in [7, 11) is -4.08. The topological polar surface area (TPSA) is 55.7 Å². The molecule has 0 spiro atoms. The summed E-state index contributed by atoms with van der Waals surface area (Å²) in [6.45, 7) is 1.71. The Morgan fingerprint density at radius 1 is 1.22 bits per heavy atom. The molecule has 0 N–H and O–H groups in total. The Bertz CT molecular complexity index is 547. The van der Waals surface area contributed by atoms with Crippen molar-refractivity contribution in [3.8, 4) is 0 Å². The molecule has 0 unspecified atom stereocenters. The van der Waals surface area contributed by atoms with E-state index in [1.165, 1.54) is 24.3 Å². The van der Waals surface area contributed by atoms with E-state index in [1.54, 1.807) is 6.92 Å². The number of hydrogen-bond acceptors (Lipinski definition) is 4. The van der Waals surface area contributed by atoms with Crippen LogP contribution >= 0.6 is 0 Å². The molecule has 1 aromatic rings. The molecule has 0 aliphatic rings. The second kappa shape index (κ2) is 4.97. The lowest BCUT2D eigenvalue weighted by molar-refractivity contribution is -0.0596. The molecule has 8 heteroatoms. The summed E-state index contributed by atoms with van der Waals surface area (Å²) in [5.74, 6) is 0. The number of aryl methyl sites for hydroxylation is 1. The predicted molar refractivity (Wildman–Crippen MR) is 59.7 cm³/mol. The highest BCUT2D eigenvalue weighted by molar-refractivity contribution is 7.85. The average molecular weight is 281 g/mol. The first-order chi connectivity index (χ1) is 8.09. The van der Waals surface area contributed by atoms with E-state index in [4.69, 9.17) is 0 Å². The Balaban J connectivity index is 3.19. The molecule has 0 atom stereocenters. The minimum absolute atomic E-state index is 0.267. The Labute approximate surface area is 102 Å². The minimum Gasteiger partial charge on any atom is -0.268 e. The SMILES string of the molecule is Cc1ccc(C(=NOS(C)(=O)=O)C(F)(F)F)cc1. The highest BCUT2D eigenvalue weighted by Crippen LogP contribution is 2.23. The van der Waals surface area contributed by atoms with Gasteiger partial charge in [-0.15, -0.1) is 0 Å². The first-order valence-corrected chi connectivity index (χ1v) is 6.52. The second-order valence-corrected chi connectivity index (χ2v) is 5.14. The van der Waals surface area contributed by atoms with Crippen LogP contribution in [0.1, 0.15) is 11.1 Å². The monoisotopic (exact) mass is 281 g/mol. The summed E-state index contributed by atoms with van der Waals surface area (Å²) in [6.07, 6.45) is -4.19. The molecule has 0 aliphatic heterocycles. The van der Waals surface area contributed by atoms with Gasteiger partial charge >= 0.3 is 16.3 Å². The molecular weight excluding hydrogens is 271 g/mol. The van der Waals surface area contributed by atoms with Crippen molar-refractivity contribution in [3.05, 3.63) is 35.4 Å². The van der Waals surface area contributed by atoms with Gasteiger partial charge in [-0.05, 0) is 6.92 Å². The molecule has 0 aliphatic carbocycles. The molecule has 0 bridgehead atoms. The van der Waals surface area contributed by atoms with E-state index in [-0.39, 0.29) is 5.56 Å². The maximum absolute atomic E-state index is 12.7. The Hall–Kier alpha value is -1.57. The maximum Gasteiger partial charge on any atom is 0.437 e. The number of benzene rings is 1. The molecule has 0 heterocycles.